The molecule has 124 valence electrons. The van der Waals surface area contributed by atoms with Crippen LogP contribution >= 0.6 is 0 Å². The van der Waals surface area contributed by atoms with Crippen molar-refractivity contribution in [3.8, 4) is 0 Å². The molecular weight excluding hydrogens is 264 g/mol. The van der Waals surface area contributed by atoms with Crippen LogP contribution in [0.4, 0.5) is 0 Å². The minimum absolute atomic E-state index is 0.193. The summed E-state index contributed by atoms with van der Waals surface area (Å²) in [5, 5.41) is 13.1. The molecule has 0 amide bonds. The minimum atomic E-state index is -0.747. The van der Waals surface area contributed by atoms with Crippen LogP contribution < -0.4 is 5.32 Å². The number of carbonyl (C=O) groups is 1. The smallest absolute Gasteiger partial charge is 0.323 e. The van der Waals surface area contributed by atoms with Crippen LogP contribution in [0, 0.1) is 5.92 Å². The molecule has 3 atom stereocenters. The van der Waals surface area contributed by atoms with Crippen molar-refractivity contribution in [3.05, 3.63) is 0 Å². The molecule has 2 N–H and O–H groups in total. The highest BCUT2D eigenvalue weighted by atomic mass is 16.4. The molecule has 0 aromatic heterocycles. The van der Waals surface area contributed by atoms with Crippen LogP contribution in [0.15, 0.2) is 0 Å². The molecule has 0 aromatic carbocycles. The first kappa shape index (κ1) is 18.4. The fraction of sp³-hybridized carbons (Fsp3) is 0.941. The average molecular weight is 298 g/mol. The number of aliphatic carboxylic acids is 1. The molecule has 21 heavy (non-hydrogen) atoms. The normalized spacial score (nSPS) is 28.3. The van der Waals surface area contributed by atoms with Gasteiger partial charge in [-0.15, -0.1) is 0 Å². The summed E-state index contributed by atoms with van der Waals surface area (Å²) >= 11 is 0. The number of carboxylic acids is 1. The monoisotopic (exact) mass is 298 g/mol. The van der Waals surface area contributed by atoms with E-state index in [1.165, 1.54) is 0 Å². The number of nitrogens with one attached hydrogen (secondary N) is 1. The summed E-state index contributed by atoms with van der Waals surface area (Å²) in [6, 6.07) is 1.05. The average Bonchev–Trinajstić information content (AvgIpc) is 2.36. The van der Waals surface area contributed by atoms with Gasteiger partial charge < -0.3 is 10.0 Å². The Balaban J connectivity index is 2.79. The molecule has 0 radical (unpaired) electrons. The van der Waals surface area contributed by atoms with Gasteiger partial charge in [0.2, 0.25) is 0 Å². The highest BCUT2D eigenvalue weighted by Crippen LogP contribution is 2.33. The lowest BCUT2D eigenvalue weighted by atomic mass is 9.77. The van der Waals surface area contributed by atoms with Crippen molar-refractivity contribution < 1.29 is 9.90 Å². The third-order valence-electron chi connectivity index (χ3n) is 4.78. The van der Waals surface area contributed by atoms with Crippen molar-refractivity contribution >= 4 is 5.97 Å². The molecular formula is C17H34N2O2. The Kier molecular flexibility index (Phi) is 6.67. The Morgan fingerprint density at radius 2 is 1.95 bits per heavy atom. The van der Waals surface area contributed by atoms with E-state index in [0.717, 1.165) is 25.7 Å². The van der Waals surface area contributed by atoms with Gasteiger partial charge in [0.25, 0.3) is 0 Å². The zero-order valence-electron chi connectivity index (χ0n) is 14.6. The lowest BCUT2D eigenvalue weighted by Gasteiger charge is -2.44. The van der Waals surface area contributed by atoms with Crippen molar-refractivity contribution in [2.45, 2.75) is 90.4 Å². The number of hydrogen-bond acceptors (Lipinski definition) is 3. The second-order valence-electron chi connectivity index (χ2n) is 7.58. The van der Waals surface area contributed by atoms with E-state index in [4.69, 9.17) is 0 Å². The van der Waals surface area contributed by atoms with E-state index in [2.05, 4.69) is 38.0 Å². The van der Waals surface area contributed by atoms with Crippen molar-refractivity contribution in [1.29, 1.82) is 0 Å². The third-order valence-corrected chi connectivity index (χ3v) is 4.78. The van der Waals surface area contributed by atoms with Crippen LogP contribution in [0.2, 0.25) is 0 Å². The van der Waals surface area contributed by atoms with E-state index in [9.17, 15) is 9.90 Å². The lowest BCUT2D eigenvalue weighted by molar-refractivity contribution is -0.148. The Labute approximate surface area is 130 Å². The molecule has 0 spiro atoms. The molecule has 1 aliphatic rings. The molecule has 1 aliphatic carbocycles. The second kappa shape index (κ2) is 7.59. The van der Waals surface area contributed by atoms with Crippen LogP contribution in [0.3, 0.4) is 0 Å². The fourth-order valence-corrected chi connectivity index (χ4v) is 3.74. The van der Waals surface area contributed by atoms with Gasteiger partial charge in [-0.05, 0) is 65.8 Å². The second-order valence-corrected chi connectivity index (χ2v) is 7.58. The standard InChI is InChI=1S/C17H34N2O2/c1-12(2)10-14(5)19(6)15-8-7-9-17(11-15,16(20)21)18-13(3)4/h12-15,18H,7-11H2,1-6H3,(H,20,21). The summed E-state index contributed by atoms with van der Waals surface area (Å²) in [7, 11) is 2.16. The van der Waals surface area contributed by atoms with Gasteiger partial charge >= 0.3 is 5.97 Å². The summed E-state index contributed by atoms with van der Waals surface area (Å²) in [6.45, 7) is 10.8. The maximum Gasteiger partial charge on any atom is 0.323 e. The van der Waals surface area contributed by atoms with Crippen molar-refractivity contribution in [2.75, 3.05) is 7.05 Å². The molecule has 1 fully saturated rings. The molecule has 0 bridgehead atoms. The molecule has 0 heterocycles. The van der Waals surface area contributed by atoms with E-state index >= 15 is 0 Å². The molecule has 0 aromatic rings. The predicted molar refractivity (Wildman–Crippen MR) is 87.6 cm³/mol. The highest BCUT2D eigenvalue weighted by Gasteiger charge is 2.44. The molecule has 4 nitrogen and oxygen atoms in total. The van der Waals surface area contributed by atoms with Gasteiger partial charge in [-0.25, -0.2) is 0 Å². The number of nitrogens with zero attached hydrogens (tertiary/aromatic N) is 1. The number of carboxylic acid groups (broad SMARTS) is 1. The molecule has 0 aliphatic heterocycles. The maximum atomic E-state index is 11.8. The lowest BCUT2D eigenvalue weighted by Crippen LogP contribution is -2.60. The van der Waals surface area contributed by atoms with Crippen LogP contribution in [0.1, 0.15) is 66.7 Å². The molecule has 4 heteroatoms. The number of hydrogen-bond donors (Lipinski definition) is 2. The first-order valence-electron chi connectivity index (χ1n) is 8.41. The van der Waals surface area contributed by atoms with Gasteiger partial charge in [-0.3, -0.25) is 10.1 Å². The van der Waals surface area contributed by atoms with Gasteiger partial charge in [-0.2, -0.15) is 0 Å². The molecule has 1 rings (SSSR count). The van der Waals surface area contributed by atoms with Crippen LogP contribution in [0.5, 0.6) is 0 Å². The Hall–Kier alpha value is -0.610. The van der Waals surface area contributed by atoms with Crippen LogP contribution in [0.25, 0.3) is 0 Å². The zero-order valence-corrected chi connectivity index (χ0v) is 14.6. The summed E-state index contributed by atoms with van der Waals surface area (Å²) in [4.78, 5) is 14.2. The van der Waals surface area contributed by atoms with Crippen molar-refractivity contribution in [3.63, 3.8) is 0 Å². The largest absolute Gasteiger partial charge is 0.480 e. The van der Waals surface area contributed by atoms with Crippen LogP contribution in [-0.4, -0.2) is 46.7 Å². The van der Waals surface area contributed by atoms with E-state index < -0.39 is 11.5 Å². The van der Waals surface area contributed by atoms with Crippen molar-refractivity contribution in [1.82, 2.24) is 10.2 Å². The van der Waals surface area contributed by atoms with E-state index in [1.807, 2.05) is 13.8 Å². The van der Waals surface area contributed by atoms with Crippen molar-refractivity contribution in [2.24, 2.45) is 5.92 Å². The third kappa shape index (κ3) is 4.96. The van der Waals surface area contributed by atoms with Gasteiger partial charge in [0, 0.05) is 18.1 Å². The maximum absolute atomic E-state index is 11.8. The first-order valence-corrected chi connectivity index (χ1v) is 8.41. The quantitative estimate of drug-likeness (QED) is 0.758. The fourth-order valence-electron chi connectivity index (χ4n) is 3.74. The van der Waals surface area contributed by atoms with Gasteiger partial charge in [0.05, 0.1) is 0 Å². The van der Waals surface area contributed by atoms with Gasteiger partial charge in [0.1, 0.15) is 5.54 Å². The van der Waals surface area contributed by atoms with E-state index in [1.54, 1.807) is 0 Å². The van der Waals surface area contributed by atoms with Gasteiger partial charge in [-0.1, -0.05) is 13.8 Å². The summed E-state index contributed by atoms with van der Waals surface area (Å²) < 4.78 is 0. The SMILES string of the molecule is CC(C)CC(C)N(C)C1CCCC(NC(C)C)(C(=O)O)C1. The first-order chi connectivity index (χ1) is 9.68. The summed E-state index contributed by atoms with van der Waals surface area (Å²) in [5.41, 5.74) is -0.747. The highest BCUT2D eigenvalue weighted by molar-refractivity contribution is 5.79. The molecule has 3 unspecified atom stereocenters. The summed E-state index contributed by atoms with van der Waals surface area (Å²) in [5.74, 6) is -0.0186. The number of rotatable bonds is 7. The topological polar surface area (TPSA) is 52.6 Å². The summed E-state index contributed by atoms with van der Waals surface area (Å²) in [6.07, 6.45) is 4.69. The molecule has 0 saturated heterocycles. The van der Waals surface area contributed by atoms with E-state index in [-0.39, 0.29) is 6.04 Å². The van der Waals surface area contributed by atoms with Crippen LogP contribution in [-0.2, 0) is 4.79 Å². The van der Waals surface area contributed by atoms with Gasteiger partial charge in [0.15, 0.2) is 0 Å². The Morgan fingerprint density at radius 3 is 2.43 bits per heavy atom. The molecule has 1 saturated carbocycles. The Bertz CT molecular complexity index is 344. The van der Waals surface area contributed by atoms with E-state index in [0.29, 0.717) is 24.4 Å². The minimum Gasteiger partial charge on any atom is -0.480 e. The predicted octanol–water partition coefficient (Wildman–Crippen LogP) is 3.12. The Morgan fingerprint density at radius 1 is 1.33 bits per heavy atom. The zero-order chi connectivity index (χ0) is 16.2.